The van der Waals surface area contributed by atoms with Crippen LogP contribution < -0.4 is 5.73 Å². The Morgan fingerprint density at radius 1 is 1.32 bits per heavy atom. The number of aromatic nitrogens is 2. The molecule has 5 N–H and O–H groups in total. The molecule has 0 bridgehead atoms. The van der Waals surface area contributed by atoms with Gasteiger partial charge in [0.1, 0.15) is 11.9 Å². The first-order valence-corrected chi connectivity index (χ1v) is 6.36. The molecule has 0 fully saturated rings. The zero-order valence-electron chi connectivity index (χ0n) is 10.9. The number of imidazole rings is 1. The van der Waals surface area contributed by atoms with Crippen molar-refractivity contribution in [2.75, 3.05) is 0 Å². The molecular formula is C14H19N3O2. The summed E-state index contributed by atoms with van der Waals surface area (Å²) in [5.41, 5.74) is 7.67. The summed E-state index contributed by atoms with van der Waals surface area (Å²) in [5.74, 6) is 0.627. The second-order valence-electron chi connectivity index (χ2n) is 4.49. The minimum Gasteiger partial charge on any atom is -0.390 e. The Morgan fingerprint density at radius 2 is 2.00 bits per heavy atom. The van der Waals surface area contributed by atoms with E-state index in [0.29, 0.717) is 23.6 Å². The lowest BCUT2D eigenvalue weighted by Gasteiger charge is -2.15. The number of aliphatic hydroxyl groups is 2. The number of rotatable bonds is 5. The molecule has 0 aliphatic heterocycles. The third kappa shape index (κ3) is 2.84. The number of hydrogen-bond donors (Lipinski definition) is 4. The van der Waals surface area contributed by atoms with Crippen molar-refractivity contribution in [1.29, 1.82) is 0 Å². The van der Waals surface area contributed by atoms with E-state index in [0.717, 1.165) is 5.56 Å². The van der Waals surface area contributed by atoms with Crippen LogP contribution in [0.2, 0.25) is 0 Å². The second kappa shape index (κ2) is 5.97. The van der Waals surface area contributed by atoms with Gasteiger partial charge in [-0.2, -0.15) is 0 Å². The molecule has 0 radical (unpaired) electrons. The maximum atomic E-state index is 10.1. The predicted molar refractivity (Wildman–Crippen MR) is 73.2 cm³/mol. The molecular weight excluding hydrogens is 242 g/mol. The lowest BCUT2D eigenvalue weighted by Crippen LogP contribution is -2.28. The average Bonchev–Trinajstić information content (AvgIpc) is 2.90. The lowest BCUT2D eigenvalue weighted by atomic mass is 10.1. The summed E-state index contributed by atoms with van der Waals surface area (Å²) in [6, 6.07) is 9.17. The first-order chi connectivity index (χ1) is 9.17. The highest BCUT2D eigenvalue weighted by Gasteiger charge is 2.22. The van der Waals surface area contributed by atoms with Gasteiger partial charge in [0.25, 0.3) is 0 Å². The molecule has 2 atom stereocenters. The van der Waals surface area contributed by atoms with Gasteiger partial charge < -0.3 is 20.9 Å². The van der Waals surface area contributed by atoms with Gasteiger partial charge in [-0.05, 0) is 6.42 Å². The molecule has 0 aliphatic carbocycles. The van der Waals surface area contributed by atoms with Gasteiger partial charge in [-0.3, -0.25) is 0 Å². The standard InChI is InChI=1S/C14H19N3O2/c1-2-10(15)13(19)12-11(8-18)16-14(17-12)9-6-4-3-5-7-9/h3-7,10,13,18-19H,2,8,15H2,1H3,(H,16,17). The van der Waals surface area contributed by atoms with Gasteiger partial charge in [-0.1, -0.05) is 37.3 Å². The van der Waals surface area contributed by atoms with Crippen LogP contribution in [0.5, 0.6) is 0 Å². The fourth-order valence-electron chi connectivity index (χ4n) is 1.95. The quantitative estimate of drug-likeness (QED) is 0.653. The van der Waals surface area contributed by atoms with Crippen LogP contribution in [0.15, 0.2) is 30.3 Å². The molecule has 1 heterocycles. The maximum absolute atomic E-state index is 10.1. The molecule has 0 saturated heterocycles. The van der Waals surface area contributed by atoms with E-state index in [4.69, 9.17) is 5.73 Å². The first kappa shape index (κ1) is 13.7. The molecule has 0 saturated carbocycles. The van der Waals surface area contributed by atoms with Crippen molar-refractivity contribution in [1.82, 2.24) is 9.97 Å². The van der Waals surface area contributed by atoms with Crippen LogP contribution in [0.3, 0.4) is 0 Å². The van der Waals surface area contributed by atoms with Gasteiger partial charge in [0.2, 0.25) is 0 Å². The van der Waals surface area contributed by atoms with Crippen molar-refractivity contribution in [2.45, 2.75) is 32.1 Å². The molecule has 19 heavy (non-hydrogen) atoms. The highest BCUT2D eigenvalue weighted by Crippen LogP contribution is 2.24. The van der Waals surface area contributed by atoms with Gasteiger partial charge in [-0.25, -0.2) is 4.98 Å². The van der Waals surface area contributed by atoms with Crippen LogP contribution in [0, 0.1) is 0 Å². The maximum Gasteiger partial charge on any atom is 0.138 e. The van der Waals surface area contributed by atoms with Gasteiger partial charge in [0.15, 0.2) is 0 Å². The summed E-state index contributed by atoms with van der Waals surface area (Å²) in [4.78, 5) is 7.41. The van der Waals surface area contributed by atoms with Crippen LogP contribution in [0.4, 0.5) is 0 Å². The van der Waals surface area contributed by atoms with Crippen molar-refractivity contribution in [3.05, 3.63) is 41.7 Å². The number of aromatic amines is 1. The van der Waals surface area contributed by atoms with E-state index in [1.54, 1.807) is 0 Å². The van der Waals surface area contributed by atoms with E-state index in [1.165, 1.54) is 0 Å². The molecule has 102 valence electrons. The molecule has 0 aliphatic rings. The van der Waals surface area contributed by atoms with Crippen molar-refractivity contribution in [3.63, 3.8) is 0 Å². The monoisotopic (exact) mass is 261 g/mol. The number of benzene rings is 1. The number of H-pyrrole nitrogens is 1. The molecule has 2 rings (SSSR count). The molecule has 0 amide bonds. The van der Waals surface area contributed by atoms with E-state index in [9.17, 15) is 10.2 Å². The summed E-state index contributed by atoms with van der Waals surface area (Å²) < 4.78 is 0. The summed E-state index contributed by atoms with van der Waals surface area (Å²) in [6.45, 7) is 1.69. The summed E-state index contributed by atoms with van der Waals surface area (Å²) in [7, 11) is 0. The Kier molecular flexibility index (Phi) is 4.31. The minimum absolute atomic E-state index is 0.206. The molecule has 0 spiro atoms. The zero-order chi connectivity index (χ0) is 13.8. The predicted octanol–water partition coefficient (Wildman–Crippen LogP) is 1.34. The van der Waals surface area contributed by atoms with E-state index in [2.05, 4.69) is 9.97 Å². The Labute approximate surface area is 112 Å². The molecule has 5 heteroatoms. The SMILES string of the molecule is CCC(N)C(O)c1nc(-c2ccccc2)[nH]c1CO. The smallest absolute Gasteiger partial charge is 0.138 e. The molecule has 1 aromatic carbocycles. The normalized spacial score (nSPS) is 14.3. The zero-order valence-corrected chi connectivity index (χ0v) is 10.9. The Balaban J connectivity index is 2.38. The number of nitrogens with one attached hydrogen (secondary N) is 1. The van der Waals surface area contributed by atoms with E-state index in [1.807, 2.05) is 37.3 Å². The van der Waals surface area contributed by atoms with Gasteiger partial charge in [-0.15, -0.1) is 0 Å². The largest absolute Gasteiger partial charge is 0.390 e. The number of nitrogens with zero attached hydrogens (tertiary/aromatic N) is 1. The van der Waals surface area contributed by atoms with Crippen molar-refractivity contribution < 1.29 is 10.2 Å². The second-order valence-corrected chi connectivity index (χ2v) is 4.49. The molecule has 2 unspecified atom stereocenters. The van der Waals surface area contributed by atoms with Crippen LogP contribution >= 0.6 is 0 Å². The Bertz CT molecular complexity index is 525. The van der Waals surface area contributed by atoms with Gasteiger partial charge >= 0.3 is 0 Å². The van der Waals surface area contributed by atoms with Crippen LogP contribution in [0.1, 0.15) is 30.8 Å². The summed E-state index contributed by atoms with van der Waals surface area (Å²) in [6.07, 6.45) is -0.236. The highest BCUT2D eigenvalue weighted by molar-refractivity contribution is 5.55. The Morgan fingerprint density at radius 3 is 2.58 bits per heavy atom. The first-order valence-electron chi connectivity index (χ1n) is 6.36. The topological polar surface area (TPSA) is 95.2 Å². The van der Waals surface area contributed by atoms with E-state index < -0.39 is 12.1 Å². The number of hydrogen-bond acceptors (Lipinski definition) is 4. The van der Waals surface area contributed by atoms with Gasteiger partial charge in [0, 0.05) is 11.6 Å². The van der Waals surface area contributed by atoms with Gasteiger partial charge in [0.05, 0.1) is 18.0 Å². The summed E-state index contributed by atoms with van der Waals surface area (Å²) >= 11 is 0. The Hall–Kier alpha value is -1.69. The van der Waals surface area contributed by atoms with Crippen LogP contribution in [-0.4, -0.2) is 26.2 Å². The average molecular weight is 261 g/mol. The molecule has 2 aromatic rings. The van der Waals surface area contributed by atoms with Crippen molar-refractivity contribution in [3.8, 4) is 11.4 Å². The fraction of sp³-hybridized carbons (Fsp3) is 0.357. The van der Waals surface area contributed by atoms with E-state index >= 15 is 0 Å². The van der Waals surface area contributed by atoms with E-state index in [-0.39, 0.29) is 6.61 Å². The van der Waals surface area contributed by atoms with Crippen LogP contribution in [0.25, 0.3) is 11.4 Å². The molecule has 5 nitrogen and oxygen atoms in total. The third-order valence-corrected chi connectivity index (χ3v) is 3.17. The highest BCUT2D eigenvalue weighted by atomic mass is 16.3. The third-order valence-electron chi connectivity index (χ3n) is 3.17. The summed E-state index contributed by atoms with van der Waals surface area (Å²) in [5, 5.41) is 19.5. The molecule has 1 aromatic heterocycles. The van der Waals surface area contributed by atoms with Crippen LogP contribution in [-0.2, 0) is 6.61 Å². The number of aliphatic hydroxyl groups excluding tert-OH is 2. The van der Waals surface area contributed by atoms with Crippen molar-refractivity contribution in [2.24, 2.45) is 5.73 Å². The lowest BCUT2D eigenvalue weighted by molar-refractivity contribution is 0.137. The minimum atomic E-state index is -0.874. The fourth-order valence-corrected chi connectivity index (χ4v) is 1.95. The number of nitrogens with two attached hydrogens (primary N) is 1. The van der Waals surface area contributed by atoms with Crippen molar-refractivity contribution >= 4 is 0 Å².